The fraction of sp³-hybridized carbons (Fsp3) is 0.154. The van der Waals surface area contributed by atoms with E-state index in [4.69, 9.17) is 25.8 Å². The van der Waals surface area contributed by atoms with Crippen molar-refractivity contribution in [2.24, 2.45) is 4.99 Å². The van der Waals surface area contributed by atoms with Crippen LogP contribution in [-0.2, 0) is 16.1 Å². The first kappa shape index (κ1) is 24.8. The molecule has 0 saturated carbocycles. The maximum atomic E-state index is 12.5. The van der Waals surface area contributed by atoms with Gasteiger partial charge in [-0.3, -0.25) is 0 Å². The van der Waals surface area contributed by atoms with Crippen LogP contribution >= 0.6 is 50.1 Å². The fourth-order valence-corrected chi connectivity index (χ4v) is 4.22. The molecule has 0 N–H and O–H groups in total. The standard InChI is InChI=1S/C26H20BrClINO4/c1-3-32-23-12-17(10-20(28)24(23)33-14-16-6-4-15(2)5-7-16)11-22-26(31)34-25(30-22)18-8-9-21(29)19(27)13-18/h4-13H,3,14H2,1-2H3/b22-11-. The molecule has 174 valence electrons. The lowest BCUT2D eigenvalue weighted by molar-refractivity contribution is -0.129. The molecule has 0 aliphatic carbocycles. The van der Waals surface area contributed by atoms with Crippen LogP contribution in [0.3, 0.4) is 0 Å². The molecule has 0 unspecified atom stereocenters. The number of ether oxygens (including phenoxy) is 3. The van der Waals surface area contributed by atoms with E-state index in [0.717, 1.165) is 13.6 Å². The molecule has 8 heteroatoms. The van der Waals surface area contributed by atoms with Gasteiger partial charge >= 0.3 is 5.97 Å². The van der Waals surface area contributed by atoms with Gasteiger partial charge < -0.3 is 14.2 Å². The van der Waals surface area contributed by atoms with Crippen LogP contribution < -0.4 is 9.47 Å². The number of esters is 1. The van der Waals surface area contributed by atoms with E-state index in [-0.39, 0.29) is 11.6 Å². The second-order valence-electron chi connectivity index (χ2n) is 7.50. The number of benzene rings is 3. The molecular weight excluding hydrogens is 633 g/mol. The SMILES string of the molecule is CCOc1cc(/C=C2\N=C(c3ccc(I)c(Br)c3)OC2=O)cc(Cl)c1OCc1ccc(C)cc1. The van der Waals surface area contributed by atoms with Crippen molar-refractivity contribution in [3.05, 3.63) is 95.6 Å². The first-order chi connectivity index (χ1) is 16.3. The summed E-state index contributed by atoms with van der Waals surface area (Å²) in [5, 5.41) is 0.377. The van der Waals surface area contributed by atoms with E-state index in [1.54, 1.807) is 18.2 Å². The third-order valence-electron chi connectivity index (χ3n) is 4.93. The predicted octanol–water partition coefficient (Wildman–Crippen LogP) is 7.34. The first-order valence-corrected chi connectivity index (χ1v) is 12.7. The number of carbonyl (C=O) groups excluding carboxylic acids is 1. The molecule has 4 rings (SSSR count). The molecule has 5 nitrogen and oxygen atoms in total. The van der Waals surface area contributed by atoms with Gasteiger partial charge in [0.2, 0.25) is 5.90 Å². The Balaban J connectivity index is 1.61. The number of nitrogens with zero attached hydrogens (tertiary/aromatic N) is 1. The summed E-state index contributed by atoms with van der Waals surface area (Å²) in [4.78, 5) is 16.8. The molecule has 0 amide bonds. The Hall–Kier alpha value is -2.36. The molecule has 3 aromatic rings. The van der Waals surface area contributed by atoms with E-state index in [9.17, 15) is 4.79 Å². The van der Waals surface area contributed by atoms with Gasteiger partial charge in [-0.1, -0.05) is 41.4 Å². The lowest BCUT2D eigenvalue weighted by Gasteiger charge is -2.14. The Bertz CT molecular complexity index is 1300. The Kier molecular flexibility index (Phi) is 7.95. The number of hydrogen-bond acceptors (Lipinski definition) is 5. The molecule has 1 heterocycles. The molecule has 0 aromatic heterocycles. The molecule has 3 aromatic carbocycles. The zero-order valence-electron chi connectivity index (χ0n) is 18.4. The van der Waals surface area contributed by atoms with E-state index in [1.807, 2.05) is 56.3 Å². The van der Waals surface area contributed by atoms with Crippen molar-refractivity contribution in [2.75, 3.05) is 6.61 Å². The average molecular weight is 653 g/mol. The van der Waals surface area contributed by atoms with Gasteiger partial charge in [-0.25, -0.2) is 9.79 Å². The lowest BCUT2D eigenvalue weighted by Crippen LogP contribution is -2.05. The van der Waals surface area contributed by atoms with Crippen molar-refractivity contribution in [2.45, 2.75) is 20.5 Å². The highest BCUT2D eigenvalue weighted by Gasteiger charge is 2.25. The van der Waals surface area contributed by atoms with Crippen LogP contribution in [0.1, 0.15) is 29.2 Å². The normalized spacial score (nSPS) is 14.2. The zero-order valence-corrected chi connectivity index (χ0v) is 22.9. The van der Waals surface area contributed by atoms with Gasteiger partial charge in [-0.15, -0.1) is 0 Å². The Morgan fingerprint density at radius 3 is 2.59 bits per heavy atom. The highest BCUT2D eigenvalue weighted by molar-refractivity contribution is 14.1. The van der Waals surface area contributed by atoms with Crippen LogP contribution in [0, 0.1) is 10.5 Å². The van der Waals surface area contributed by atoms with Crippen LogP contribution in [0.5, 0.6) is 11.5 Å². The topological polar surface area (TPSA) is 57.1 Å². The van der Waals surface area contributed by atoms with Crippen LogP contribution in [0.15, 0.2) is 69.8 Å². The van der Waals surface area contributed by atoms with Crippen LogP contribution in [0.4, 0.5) is 0 Å². The molecule has 0 fully saturated rings. The highest BCUT2D eigenvalue weighted by atomic mass is 127. The molecule has 1 aliphatic rings. The minimum atomic E-state index is -0.529. The van der Waals surface area contributed by atoms with E-state index in [2.05, 4.69) is 43.5 Å². The smallest absolute Gasteiger partial charge is 0.363 e. The summed E-state index contributed by atoms with van der Waals surface area (Å²) < 4.78 is 19.1. The van der Waals surface area contributed by atoms with Crippen LogP contribution in [0.25, 0.3) is 6.08 Å². The first-order valence-electron chi connectivity index (χ1n) is 10.5. The highest BCUT2D eigenvalue weighted by Crippen LogP contribution is 2.38. The summed E-state index contributed by atoms with van der Waals surface area (Å²) in [6.07, 6.45) is 1.62. The number of halogens is 3. The lowest BCUT2D eigenvalue weighted by atomic mass is 10.1. The third kappa shape index (κ3) is 5.82. The molecule has 0 spiro atoms. The summed E-state index contributed by atoms with van der Waals surface area (Å²) in [5.74, 6) is 0.667. The van der Waals surface area contributed by atoms with Crippen molar-refractivity contribution in [3.63, 3.8) is 0 Å². The summed E-state index contributed by atoms with van der Waals surface area (Å²) in [7, 11) is 0. The summed E-state index contributed by atoms with van der Waals surface area (Å²) >= 11 is 12.2. The van der Waals surface area contributed by atoms with Crippen molar-refractivity contribution < 1.29 is 19.0 Å². The Labute approximate surface area is 225 Å². The minimum Gasteiger partial charge on any atom is -0.490 e. The van der Waals surface area contributed by atoms with E-state index in [1.165, 1.54) is 5.56 Å². The Morgan fingerprint density at radius 2 is 1.88 bits per heavy atom. The summed E-state index contributed by atoms with van der Waals surface area (Å²) in [6, 6.07) is 17.2. The second-order valence-corrected chi connectivity index (χ2v) is 9.93. The zero-order chi connectivity index (χ0) is 24.2. The van der Waals surface area contributed by atoms with E-state index < -0.39 is 5.97 Å². The van der Waals surface area contributed by atoms with Gasteiger partial charge in [0.1, 0.15) is 6.61 Å². The fourth-order valence-electron chi connectivity index (χ4n) is 3.23. The number of rotatable bonds is 7. The molecule has 34 heavy (non-hydrogen) atoms. The van der Waals surface area contributed by atoms with Gasteiger partial charge in [0, 0.05) is 13.6 Å². The van der Waals surface area contributed by atoms with Gasteiger partial charge in [0.15, 0.2) is 17.2 Å². The monoisotopic (exact) mass is 651 g/mol. The maximum absolute atomic E-state index is 12.5. The number of aliphatic imine (C=N–C) groups is 1. The van der Waals surface area contributed by atoms with E-state index in [0.29, 0.717) is 40.9 Å². The molecule has 0 radical (unpaired) electrons. The van der Waals surface area contributed by atoms with E-state index >= 15 is 0 Å². The van der Waals surface area contributed by atoms with Gasteiger partial charge in [-0.2, -0.15) is 0 Å². The third-order valence-corrected chi connectivity index (χ3v) is 7.54. The van der Waals surface area contributed by atoms with Crippen molar-refractivity contribution in [1.82, 2.24) is 0 Å². The number of aryl methyl sites for hydroxylation is 1. The van der Waals surface area contributed by atoms with Crippen LogP contribution in [0.2, 0.25) is 5.02 Å². The van der Waals surface area contributed by atoms with Gasteiger partial charge in [-0.05, 0) is 99.9 Å². The van der Waals surface area contributed by atoms with Crippen molar-refractivity contribution >= 4 is 68.1 Å². The number of cyclic esters (lactones) is 1. The molecule has 0 saturated heterocycles. The number of carbonyl (C=O) groups is 1. The Morgan fingerprint density at radius 1 is 1.12 bits per heavy atom. The largest absolute Gasteiger partial charge is 0.490 e. The predicted molar refractivity (Wildman–Crippen MR) is 146 cm³/mol. The molecule has 1 aliphatic heterocycles. The van der Waals surface area contributed by atoms with Gasteiger partial charge in [0.05, 0.1) is 11.6 Å². The van der Waals surface area contributed by atoms with Crippen molar-refractivity contribution in [3.8, 4) is 11.5 Å². The number of hydrogen-bond donors (Lipinski definition) is 0. The second kappa shape index (κ2) is 10.9. The molecule has 0 bridgehead atoms. The quantitative estimate of drug-likeness (QED) is 0.152. The molecule has 0 atom stereocenters. The maximum Gasteiger partial charge on any atom is 0.363 e. The summed E-state index contributed by atoms with van der Waals surface area (Å²) in [5.41, 5.74) is 3.73. The average Bonchev–Trinajstić information content (AvgIpc) is 3.16. The van der Waals surface area contributed by atoms with Gasteiger partial charge in [0.25, 0.3) is 0 Å². The summed E-state index contributed by atoms with van der Waals surface area (Å²) in [6.45, 7) is 4.71. The van der Waals surface area contributed by atoms with Crippen molar-refractivity contribution in [1.29, 1.82) is 0 Å². The molecular formula is C26H20BrClINO4. The minimum absolute atomic E-state index is 0.177. The van der Waals surface area contributed by atoms with Crippen LogP contribution in [-0.4, -0.2) is 18.5 Å².